The van der Waals surface area contributed by atoms with Crippen molar-refractivity contribution >= 4 is 11.7 Å². The SMILES string of the molecule is CCN1CCN(c2c(CN(CCCOC)C(=O)c3cc(OC)cc(OC)c3)c(C)nn2-c2ccccc2)CC1. The van der Waals surface area contributed by atoms with Crippen molar-refractivity contribution in [3.8, 4) is 17.2 Å². The molecule has 9 nitrogen and oxygen atoms in total. The molecule has 0 bridgehead atoms. The van der Waals surface area contributed by atoms with Gasteiger partial charge >= 0.3 is 0 Å². The zero-order valence-electron chi connectivity index (χ0n) is 23.9. The quantitative estimate of drug-likeness (QED) is 0.325. The van der Waals surface area contributed by atoms with E-state index in [9.17, 15) is 4.79 Å². The van der Waals surface area contributed by atoms with Gasteiger partial charge in [-0.05, 0) is 44.2 Å². The van der Waals surface area contributed by atoms with Crippen LogP contribution >= 0.6 is 0 Å². The molecule has 1 fully saturated rings. The second-order valence-electron chi connectivity index (χ2n) is 9.73. The van der Waals surface area contributed by atoms with Crippen LogP contribution in [0.5, 0.6) is 11.5 Å². The van der Waals surface area contributed by atoms with Gasteiger partial charge in [-0.3, -0.25) is 4.79 Å². The first-order chi connectivity index (χ1) is 19.0. The van der Waals surface area contributed by atoms with Crippen LogP contribution in [0.4, 0.5) is 5.82 Å². The number of carbonyl (C=O) groups is 1. The molecule has 1 aromatic heterocycles. The molecule has 0 saturated carbocycles. The number of likely N-dealkylation sites (N-methyl/N-ethyl adjacent to an activating group) is 1. The highest BCUT2D eigenvalue weighted by Gasteiger charge is 2.28. The molecule has 1 amide bonds. The molecule has 9 heteroatoms. The van der Waals surface area contributed by atoms with Gasteiger partial charge in [0.15, 0.2) is 0 Å². The molecular formula is C30H41N5O4. The number of hydrogen-bond acceptors (Lipinski definition) is 7. The van der Waals surface area contributed by atoms with Crippen molar-refractivity contribution in [2.75, 3.05) is 72.1 Å². The number of amides is 1. The van der Waals surface area contributed by atoms with Crippen LogP contribution in [0, 0.1) is 6.92 Å². The highest BCUT2D eigenvalue weighted by Crippen LogP contribution is 2.31. The van der Waals surface area contributed by atoms with E-state index in [1.807, 2.05) is 34.7 Å². The van der Waals surface area contributed by atoms with E-state index in [4.69, 9.17) is 19.3 Å². The first kappa shape index (κ1) is 28.4. The average molecular weight is 536 g/mol. The van der Waals surface area contributed by atoms with E-state index >= 15 is 0 Å². The van der Waals surface area contributed by atoms with Crippen LogP contribution in [-0.2, 0) is 11.3 Å². The molecule has 1 aliphatic heterocycles. The Bertz CT molecular complexity index is 1200. The minimum atomic E-state index is -0.0862. The van der Waals surface area contributed by atoms with E-state index in [0.29, 0.717) is 36.8 Å². The number of anilines is 1. The summed E-state index contributed by atoms with van der Waals surface area (Å²) in [6, 6.07) is 15.5. The normalized spacial score (nSPS) is 13.9. The fourth-order valence-corrected chi connectivity index (χ4v) is 5.04. The van der Waals surface area contributed by atoms with Gasteiger partial charge in [-0.1, -0.05) is 25.1 Å². The number of aryl methyl sites for hydroxylation is 1. The van der Waals surface area contributed by atoms with E-state index in [1.54, 1.807) is 39.5 Å². The van der Waals surface area contributed by atoms with E-state index in [2.05, 4.69) is 28.9 Å². The summed E-state index contributed by atoms with van der Waals surface area (Å²) in [7, 11) is 4.86. The first-order valence-electron chi connectivity index (χ1n) is 13.6. The molecule has 0 radical (unpaired) electrons. The van der Waals surface area contributed by atoms with E-state index in [1.165, 1.54) is 0 Å². The van der Waals surface area contributed by atoms with Gasteiger partial charge in [0.1, 0.15) is 17.3 Å². The number of benzene rings is 2. The van der Waals surface area contributed by atoms with Crippen LogP contribution in [0.3, 0.4) is 0 Å². The average Bonchev–Trinajstić information content (AvgIpc) is 3.31. The lowest BCUT2D eigenvalue weighted by molar-refractivity contribution is 0.0723. The smallest absolute Gasteiger partial charge is 0.254 e. The van der Waals surface area contributed by atoms with Crippen molar-refractivity contribution in [1.82, 2.24) is 19.6 Å². The highest BCUT2D eigenvalue weighted by molar-refractivity contribution is 5.95. The zero-order chi connectivity index (χ0) is 27.8. The maximum atomic E-state index is 14.0. The monoisotopic (exact) mass is 535 g/mol. The lowest BCUT2D eigenvalue weighted by atomic mass is 10.1. The Hall–Kier alpha value is -3.56. The Labute approximate surface area is 231 Å². The number of piperazine rings is 1. The van der Waals surface area contributed by atoms with Crippen molar-refractivity contribution in [3.05, 3.63) is 65.4 Å². The van der Waals surface area contributed by atoms with Gasteiger partial charge in [0.2, 0.25) is 0 Å². The van der Waals surface area contributed by atoms with Gasteiger partial charge < -0.3 is 28.9 Å². The predicted molar refractivity (Wildman–Crippen MR) is 153 cm³/mol. The number of carbonyl (C=O) groups excluding carboxylic acids is 1. The van der Waals surface area contributed by atoms with Gasteiger partial charge in [-0.2, -0.15) is 5.10 Å². The maximum absolute atomic E-state index is 14.0. The molecule has 2 heterocycles. The Morgan fingerprint density at radius 3 is 2.23 bits per heavy atom. The van der Waals surface area contributed by atoms with Crippen molar-refractivity contribution in [2.24, 2.45) is 0 Å². The fourth-order valence-electron chi connectivity index (χ4n) is 5.04. The predicted octanol–water partition coefficient (Wildman–Crippen LogP) is 4.02. The third-order valence-electron chi connectivity index (χ3n) is 7.29. The molecule has 2 aromatic carbocycles. The third-order valence-corrected chi connectivity index (χ3v) is 7.29. The minimum Gasteiger partial charge on any atom is -0.497 e. The molecule has 0 aliphatic carbocycles. The number of nitrogens with zero attached hydrogens (tertiary/aromatic N) is 5. The first-order valence-corrected chi connectivity index (χ1v) is 13.6. The molecule has 0 unspecified atom stereocenters. The van der Waals surface area contributed by atoms with Crippen LogP contribution in [-0.4, -0.2) is 92.7 Å². The lowest BCUT2D eigenvalue weighted by Crippen LogP contribution is -2.47. The molecule has 0 N–H and O–H groups in total. The number of ether oxygens (including phenoxy) is 3. The van der Waals surface area contributed by atoms with Gasteiger partial charge in [0.25, 0.3) is 5.91 Å². The Morgan fingerprint density at radius 1 is 0.974 bits per heavy atom. The van der Waals surface area contributed by atoms with Gasteiger partial charge in [0, 0.05) is 63.6 Å². The Morgan fingerprint density at radius 2 is 1.64 bits per heavy atom. The number of rotatable bonds is 12. The summed E-state index contributed by atoms with van der Waals surface area (Å²) >= 11 is 0. The van der Waals surface area contributed by atoms with Gasteiger partial charge in [-0.15, -0.1) is 0 Å². The zero-order valence-corrected chi connectivity index (χ0v) is 23.9. The van der Waals surface area contributed by atoms with Crippen molar-refractivity contribution in [2.45, 2.75) is 26.8 Å². The number of para-hydroxylation sites is 1. The summed E-state index contributed by atoms with van der Waals surface area (Å²) in [5.74, 6) is 2.13. The van der Waals surface area contributed by atoms with E-state index < -0.39 is 0 Å². The van der Waals surface area contributed by atoms with E-state index in [0.717, 1.165) is 61.9 Å². The van der Waals surface area contributed by atoms with Crippen LogP contribution < -0.4 is 14.4 Å². The van der Waals surface area contributed by atoms with Crippen molar-refractivity contribution in [3.63, 3.8) is 0 Å². The maximum Gasteiger partial charge on any atom is 0.254 e. The topological polar surface area (TPSA) is 72.3 Å². The van der Waals surface area contributed by atoms with Gasteiger partial charge in [0.05, 0.1) is 32.1 Å². The molecule has 1 aliphatic rings. The summed E-state index contributed by atoms with van der Waals surface area (Å²) in [5, 5.41) is 4.99. The summed E-state index contributed by atoms with van der Waals surface area (Å²) in [4.78, 5) is 20.7. The van der Waals surface area contributed by atoms with Crippen molar-refractivity contribution < 1.29 is 19.0 Å². The molecule has 210 valence electrons. The number of methoxy groups -OCH3 is 3. The minimum absolute atomic E-state index is 0.0862. The summed E-state index contributed by atoms with van der Waals surface area (Å²) in [6.45, 7) is 10.6. The van der Waals surface area contributed by atoms with Crippen LogP contribution in [0.25, 0.3) is 5.69 Å². The largest absolute Gasteiger partial charge is 0.497 e. The molecule has 1 saturated heterocycles. The summed E-state index contributed by atoms with van der Waals surface area (Å²) < 4.78 is 18.2. The lowest BCUT2D eigenvalue weighted by Gasteiger charge is -2.36. The number of hydrogen-bond donors (Lipinski definition) is 0. The summed E-state index contributed by atoms with van der Waals surface area (Å²) in [5.41, 5.74) is 3.51. The third kappa shape index (κ3) is 6.72. The molecule has 39 heavy (non-hydrogen) atoms. The second-order valence-corrected chi connectivity index (χ2v) is 9.73. The van der Waals surface area contributed by atoms with Gasteiger partial charge in [-0.25, -0.2) is 4.68 Å². The van der Waals surface area contributed by atoms with Crippen molar-refractivity contribution in [1.29, 1.82) is 0 Å². The van der Waals surface area contributed by atoms with Crippen LogP contribution in [0.2, 0.25) is 0 Å². The van der Waals surface area contributed by atoms with Crippen LogP contribution in [0.15, 0.2) is 48.5 Å². The fraction of sp³-hybridized carbons (Fsp3) is 0.467. The molecule has 3 aromatic rings. The number of aromatic nitrogens is 2. The molecular weight excluding hydrogens is 494 g/mol. The molecule has 0 atom stereocenters. The summed E-state index contributed by atoms with van der Waals surface area (Å²) in [6.07, 6.45) is 0.722. The second kappa shape index (κ2) is 13.5. The standard InChI is InChI=1S/C30H41N5O4/c1-6-32-14-16-33(17-15-32)29-28(23(2)31-35(29)25-11-8-7-9-12-25)22-34(13-10-18-37-3)30(36)24-19-26(38-4)21-27(20-24)39-5/h7-9,11-12,19-21H,6,10,13-18,22H2,1-5H3. The molecule has 0 spiro atoms. The molecule has 4 rings (SSSR count). The Kier molecular flexibility index (Phi) is 9.84. The van der Waals surface area contributed by atoms with Crippen LogP contribution in [0.1, 0.15) is 35.0 Å². The highest BCUT2D eigenvalue weighted by atomic mass is 16.5. The Balaban J connectivity index is 1.73. The van der Waals surface area contributed by atoms with E-state index in [-0.39, 0.29) is 5.91 Å².